The SMILES string of the molecule is O=S(=O)([O-])CCCCCCCCCCCCCCCCCCCCCO.[Na+]. The number of hydrogen-bond donors (Lipinski definition) is 1. The molecule has 0 aliphatic heterocycles. The molecule has 0 saturated heterocycles. The fraction of sp³-hybridized carbons (Fsp3) is 1.00. The average molecular weight is 415 g/mol. The molecule has 0 rings (SSSR count). The minimum atomic E-state index is -4.01. The van der Waals surface area contributed by atoms with Crippen molar-refractivity contribution in [3.05, 3.63) is 0 Å². The summed E-state index contributed by atoms with van der Waals surface area (Å²) >= 11 is 0. The molecule has 4 nitrogen and oxygen atoms in total. The Morgan fingerprint density at radius 2 is 0.704 bits per heavy atom. The monoisotopic (exact) mass is 414 g/mol. The summed E-state index contributed by atoms with van der Waals surface area (Å²) < 4.78 is 31.4. The molecule has 0 fully saturated rings. The molecule has 0 heterocycles. The van der Waals surface area contributed by atoms with Gasteiger partial charge < -0.3 is 9.66 Å². The maximum atomic E-state index is 10.5. The third-order valence-electron chi connectivity index (χ3n) is 5.05. The van der Waals surface area contributed by atoms with Crippen LogP contribution >= 0.6 is 0 Å². The zero-order valence-corrected chi connectivity index (χ0v) is 20.7. The van der Waals surface area contributed by atoms with Crippen LogP contribution in [0.1, 0.15) is 122 Å². The summed E-state index contributed by atoms with van der Waals surface area (Å²) in [5.41, 5.74) is 0. The Kier molecular flexibility index (Phi) is 25.8. The predicted molar refractivity (Wildman–Crippen MR) is 109 cm³/mol. The van der Waals surface area contributed by atoms with E-state index in [0.717, 1.165) is 19.3 Å². The van der Waals surface area contributed by atoms with Gasteiger partial charge in [-0.15, -0.1) is 0 Å². The van der Waals surface area contributed by atoms with E-state index >= 15 is 0 Å². The zero-order chi connectivity index (χ0) is 19.3. The number of hydrogen-bond acceptors (Lipinski definition) is 4. The molecule has 0 saturated carbocycles. The summed E-state index contributed by atoms with van der Waals surface area (Å²) in [5, 5.41) is 8.71. The van der Waals surface area contributed by atoms with Gasteiger partial charge in [0, 0.05) is 12.4 Å². The van der Waals surface area contributed by atoms with E-state index in [9.17, 15) is 13.0 Å². The molecule has 0 radical (unpaired) electrons. The molecule has 0 aromatic rings. The van der Waals surface area contributed by atoms with Crippen LogP contribution in [0.15, 0.2) is 0 Å². The number of rotatable bonds is 21. The van der Waals surface area contributed by atoms with Gasteiger partial charge in [0.15, 0.2) is 0 Å². The standard InChI is InChI=1S/C21H44O4S.Na/c22-20-18-16-14-12-10-8-6-4-2-1-3-5-7-9-11-13-15-17-19-21-26(23,24)25;/h22H,1-21H2,(H,23,24,25);/q;+1/p-1. The fourth-order valence-electron chi connectivity index (χ4n) is 3.40. The molecule has 0 spiro atoms. The zero-order valence-electron chi connectivity index (χ0n) is 17.9. The van der Waals surface area contributed by atoms with Gasteiger partial charge in [-0.25, -0.2) is 8.42 Å². The third-order valence-corrected chi connectivity index (χ3v) is 5.84. The third kappa shape index (κ3) is 29.2. The Bertz CT molecular complexity index is 374. The van der Waals surface area contributed by atoms with E-state index < -0.39 is 10.1 Å². The van der Waals surface area contributed by atoms with Crippen molar-refractivity contribution >= 4 is 10.1 Å². The first-order chi connectivity index (χ1) is 12.6. The van der Waals surface area contributed by atoms with Crippen LogP contribution < -0.4 is 29.6 Å². The molecule has 158 valence electrons. The van der Waals surface area contributed by atoms with Crippen LogP contribution in [0.5, 0.6) is 0 Å². The normalized spacial score (nSPS) is 11.5. The predicted octanol–water partition coefficient (Wildman–Crippen LogP) is 2.94. The Morgan fingerprint density at radius 1 is 0.481 bits per heavy atom. The summed E-state index contributed by atoms with van der Waals surface area (Å²) in [5.74, 6) is -0.197. The largest absolute Gasteiger partial charge is 1.00 e. The maximum absolute atomic E-state index is 10.5. The number of unbranched alkanes of at least 4 members (excludes halogenated alkanes) is 18. The molecule has 0 aliphatic carbocycles. The van der Waals surface area contributed by atoms with E-state index in [2.05, 4.69) is 0 Å². The summed E-state index contributed by atoms with van der Waals surface area (Å²) in [6.07, 6.45) is 23.2. The molecular formula is C21H43NaO4S. The molecule has 0 aliphatic rings. The van der Waals surface area contributed by atoms with Gasteiger partial charge in [0.2, 0.25) is 0 Å². The summed E-state index contributed by atoms with van der Waals surface area (Å²) in [6, 6.07) is 0. The van der Waals surface area contributed by atoms with Crippen LogP contribution in [0, 0.1) is 0 Å². The number of aliphatic hydroxyl groups is 1. The van der Waals surface area contributed by atoms with Crippen molar-refractivity contribution < 1.29 is 47.6 Å². The van der Waals surface area contributed by atoms with Crippen LogP contribution in [-0.2, 0) is 10.1 Å². The van der Waals surface area contributed by atoms with E-state index in [1.54, 1.807) is 0 Å². The molecule has 0 atom stereocenters. The number of aliphatic hydroxyl groups excluding tert-OH is 1. The first-order valence-corrected chi connectivity index (χ1v) is 12.7. The van der Waals surface area contributed by atoms with Crippen molar-refractivity contribution in [3.63, 3.8) is 0 Å². The minimum absolute atomic E-state index is 0. The van der Waals surface area contributed by atoms with Crippen LogP contribution in [-0.4, -0.2) is 30.4 Å². The van der Waals surface area contributed by atoms with Crippen molar-refractivity contribution in [1.82, 2.24) is 0 Å². The summed E-state index contributed by atoms with van der Waals surface area (Å²) in [7, 11) is -4.01. The maximum Gasteiger partial charge on any atom is 1.00 e. The fourth-order valence-corrected chi connectivity index (χ4v) is 3.95. The Morgan fingerprint density at radius 3 is 0.926 bits per heavy atom. The van der Waals surface area contributed by atoms with Crippen molar-refractivity contribution in [2.24, 2.45) is 0 Å². The van der Waals surface area contributed by atoms with E-state index in [0.29, 0.717) is 13.0 Å². The van der Waals surface area contributed by atoms with E-state index in [4.69, 9.17) is 5.11 Å². The molecule has 0 aromatic heterocycles. The molecule has 0 unspecified atom stereocenters. The average Bonchev–Trinajstić information content (AvgIpc) is 2.59. The summed E-state index contributed by atoms with van der Waals surface area (Å²) in [4.78, 5) is 0. The van der Waals surface area contributed by atoms with Gasteiger partial charge in [0.25, 0.3) is 0 Å². The van der Waals surface area contributed by atoms with Gasteiger partial charge in [-0.1, -0.05) is 109 Å². The molecule has 1 N–H and O–H groups in total. The van der Waals surface area contributed by atoms with Gasteiger partial charge in [0.1, 0.15) is 0 Å². The van der Waals surface area contributed by atoms with Gasteiger partial charge in [-0.2, -0.15) is 0 Å². The van der Waals surface area contributed by atoms with Crippen LogP contribution in [0.2, 0.25) is 0 Å². The van der Waals surface area contributed by atoms with Crippen molar-refractivity contribution in [2.45, 2.75) is 122 Å². The molecule has 27 heavy (non-hydrogen) atoms. The smallest absolute Gasteiger partial charge is 0.748 e. The van der Waals surface area contributed by atoms with Crippen LogP contribution in [0.25, 0.3) is 0 Å². The van der Waals surface area contributed by atoms with E-state index in [1.807, 2.05) is 0 Å². The van der Waals surface area contributed by atoms with Gasteiger partial charge in [-0.3, -0.25) is 0 Å². The minimum Gasteiger partial charge on any atom is -0.748 e. The summed E-state index contributed by atoms with van der Waals surface area (Å²) in [6.45, 7) is 0.345. The Balaban J connectivity index is 0. The van der Waals surface area contributed by atoms with Crippen molar-refractivity contribution in [1.29, 1.82) is 0 Å². The molecule has 0 amide bonds. The Hall–Kier alpha value is 0.870. The topological polar surface area (TPSA) is 77.4 Å². The Labute approximate surface area is 191 Å². The van der Waals surface area contributed by atoms with Gasteiger partial charge in [-0.05, 0) is 12.8 Å². The van der Waals surface area contributed by atoms with Crippen LogP contribution in [0.4, 0.5) is 0 Å². The first kappa shape index (κ1) is 30.1. The van der Waals surface area contributed by atoms with Gasteiger partial charge >= 0.3 is 29.6 Å². The second kappa shape index (κ2) is 23.2. The molecule has 0 aromatic carbocycles. The van der Waals surface area contributed by atoms with E-state index in [1.165, 1.54) is 96.3 Å². The van der Waals surface area contributed by atoms with E-state index in [-0.39, 0.29) is 35.3 Å². The van der Waals surface area contributed by atoms with Crippen molar-refractivity contribution in [3.8, 4) is 0 Å². The molecular weight excluding hydrogens is 371 g/mol. The van der Waals surface area contributed by atoms with Gasteiger partial charge in [0.05, 0.1) is 10.1 Å². The van der Waals surface area contributed by atoms with Crippen LogP contribution in [0.3, 0.4) is 0 Å². The molecule has 0 bridgehead atoms. The first-order valence-electron chi connectivity index (χ1n) is 11.1. The molecule has 6 heteroatoms. The quantitative estimate of drug-likeness (QED) is 0.178. The second-order valence-corrected chi connectivity index (χ2v) is 9.23. The van der Waals surface area contributed by atoms with Crippen molar-refractivity contribution in [2.75, 3.05) is 12.4 Å². The second-order valence-electron chi connectivity index (χ2n) is 7.70.